The summed E-state index contributed by atoms with van der Waals surface area (Å²) in [5, 5.41) is 10.9. The van der Waals surface area contributed by atoms with E-state index in [0.717, 1.165) is 17.1 Å². The number of anilines is 1. The van der Waals surface area contributed by atoms with Crippen molar-refractivity contribution in [2.75, 3.05) is 5.32 Å². The predicted octanol–water partition coefficient (Wildman–Crippen LogP) is 1.79. The molecule has 0 aliphatic carbocycles. The highest BCUT2D eigenvalue weighted by Gasteiger charge is 1.94. The Hall–Kier alpha value is -1.97. The molecule has 0 atom stereocenters. The molecule has 0 saturated heterocycles. The normalized spacial score (nSPS) is 9.93. The van der Waals surface area contributed by atoms with Crippen LogP contribution in [0, 0.1) is 6.92 Å². The Bertz CT molecular complexity index is 410. The summed E-state index contributed by atoms with van der Waals surface area (Å²) in [5.41, 5.74) is 2.16. The van der Waals surface area contributed by atoms with Crippen LogP contribution in [-0.2, 0) is 6.54 Å². The maximum atomic E-state index is 4.22. The lowest BCUT2D eigenvalue weighted by Crippen LogP contribution is -2.02. The van der Waals surface area contributed by atoms with Gasteiger partial charge in [-0.1, -0.05) is 6.07 Å². The number of nitrogens with zero attached hydrogens (tertiary/aromatic N) is 3. The highest BCUT2D eigenvalue weighted by molar-refractivity contribution is 5.32. The van der Waals surface area contributed by atoms with Gasteiger partial charge in [-0.05, 0) is 30.7 Å². The molecule has 15 heavy (non-hydrogen) atoms. The second-order valence-electron chi connectivity index (χ2n) is 3.27. The van der Waals surface area contributed by atoms with Gasteiger partial charge in [0.15, 0.2) is 0 Å². The number of nitrogens with one attached hydrogen (secondary N) is 1. The Morgan fingerprint density at radius 1 is 1.27 bits per heavy atom. The van der Waals surface area contributed by atoms with Crippen LogP contribution in [0.1, 0.15) is 11.3 Å². The Balaban J connectivity index is 1.96. The van der Waals surface area contributed by atoms with Gasteiger partial charge in [-0.15, -0.1) is 5.10 Å². The molecule has 2 aromatic heterocycles. The molecule has 0 radical (unpaired) electrons. The van der Waals surface area contributed by atoms with Crippen LogP contribution in [0.4, 0.5) is 5.82 Å². The number of aryl methyl sites for hydroxylation is 1. The summed E-state index contributed by atoms with van der Waals surface area (Å²) in [6.45, 7) is 2.69. The van der Waals surface area contributed by atoms with E-state index in [1.807, 2.05) is 37.4 Å². The van der Waals surface area contributed by atoms with E-state index in [2.05, 4.69) is 20.5 Å². The van der Waals surface area contributed by atoms with Gasteiger partial charge < -0.3 is 5.32 Å². The van der Waals surface area contributed by atoms with Gasteiger partial charge >= 0.3 is 0 Å². The van der Waals surface area contributed by atoms with E-state index in [1.165, 1.54) is 0 Å². The lowest BCUT2D eigenvalue weighted by molar-refractivity contribution is 0.993. The molecular formula is C11H12N4. The SMILES string of the molecule is Cc1ccc(CNc2cccnn2)cn1. The van der Waals surface area contributed by atoms with Crippen LogP contribution < -0.4 is 5.32 Å². The molecule has 2 aromatic rings. The van der Waals surface area contributed by atoms with E-state index in [9.17, 15) is 0 Å². The summed E-state index contributed by atoms with van der Waals surface area (Å²) in [6, 6.07) is 7.77. The van der Waals surface area contributed by atoms with E-state index in [-0.39, 0.29) is 0 Å². The van der Waals surface area contributed by atoms with Gasteiger partial charge in [0.1, 0.15) is 5.82 Å². The molecule has 0 aliphatic heterocycles. The second kappa shape index (κ2) is 4.50. The van der Waals surface area contributed by atoms with Crippen LogP contribution in [-0.4, -0.2) is 15.2 Å². The molecule has 2 heterocycles. The third-order valence-electron chi connectivity index (χ3n) is 2.02. The lowest BCUT2D eigenvalue weighted by Gasteiger charge is -2.04. The van der Waals surface area contributed by atoms with Gasteiger partial charge in [0.2, 0.25) is 0 Å². The quantitative estimate of drug-likeness (QED) is 0.820. The first-order valence-corrected chi connectivity index (χ1v) is 4.78. The molecule has 0 unspecified atom stereocenters. The molecule has 0 spiro atoms. The zero-order valence-electron chi connectivity index (χ0n) is 8.51. The molecular weight excluding hydrogens is 188 g/mol. The van der Waals surface area contributed by atoms with Crippen LogP contribution in [0.25, 0.3) is 0 Å². The minimum Gasteiger partial charge on any atom is -0.364 e. The van der Waals surface area contributed by atoms with Crippen molar-refractivity contribution in [3.05, 3.63) is 47.9 Å². The molecule has 2 rings (SSSR count). The maximum Gasteiger partial charge on any atom is 0.148 e. The lowest BCUT2D eigenvalue weighted by atomic mass is 10.2. The minimum atomic E-state index is 0.714. The van der Waals surface area contributed by atoms with Gasteiger partial charge in [0.25, 0.3) is 0 Å². The monoisotopic (exact) mass is 200 g/mol. The van der Waals surface area contributed by atoms with Gasteiger partial charge in [-0.25, -0.2) is 0 Å². The molecule has 1 N–H and O–H groups in total. The van der Waals surface area contributed by atoms with Crippen LogP contribution in [0.5, 0.6) is 0 Å². The molecule has 0 aliphatic rings. The molecule has 0 saturated carbocycles. The topological polar surface area (TPSA) is 50.7 Å². The average Bonchev–Trinajstić information content (AvgIpc) is 2.30. The predicted molar refractivity (Wildman–Crippen MR) is 58.3 cm³/mol. The van der Waals surface area contributed by atoms with E-state index >= 15 is 0 Å². The molecule has 0 fully saturated rings. The number of hydrogen-bond donors (Lipinski definition) is 1. The van der Waals surface area contributed by atoms with E-state index in [4.69, 9.17) is 0 Å². The summed E-state index contributed by atoms with van der Waals surface area (Å²) in [7, 11) is 0. The number of pyridine rings is 1. The Morgan fingerprint density at radius 3 is 2.87 bits per heavy atom. The Labute approximate surface area is 88.4 Å². The van der Waals surface area contributed by atoms with Gasteiger partial charge in [0.05, 0.1) is 0 Å². The standard InChI is InChI=1S/C11H12N4/c1-9-4-5-10(7-12-9)8-13-11-3-2-6-14-15-11/h2-7H,8H2,1H3,(H,13,15). The fourth-order valence-electron chi connectivity index (χ4n) is 1.19. The van der Waals surface area contributed by atoms with Gasteiger partial charge in [-0.3, -0.25) is 4.98 Å². The summed E-state index contributed by atoms with van der Waals surface area (Å²) in [6.07, 6.45) is 3.51. The van der Waals surface area contributed by atoms with E-state index in [0.29, 0.717) is 6.54 Å². The fraction of sp³-hybridized carbons (Fsp3) is 0.182. The Kier molecular flexibility index (Phi) is 2.88. The zero-order chi connectivity index (χ0) is 10.5. The highest BCUT2D eigenvalue weighted by atomic mass is 15.2. The third-order valence-corrected chi connectivity index (χ3v) is 2.02. The molecule has 0 aromatic carbocycles. The third kappa shape index (κ3) is 2.74. The largest absolute Gasteiger partial charge is 0.364 e. The molecule has 76 valence electrons. The molecule has 0 bridgehead atoms. The van der Waals surface area contributed by atoms with Crippen molar-refractivity contribution in [2.45, 2.75) is 13.5 Å². The van der Waals surface area contributed by atoms with Crippen molar-refractivity contribution < 1.29 is 0 Å². The number of aromatic nitrogens is 3. The van der Waals surface area contributed by atoms with E-state index in [1.54, 1.807) is 6.20 Å². The summed E-state index contributed by atoms with van der Waals surface area (Å²) in [5.74, 6) is 0.776. The first-order chi connectivity index (χ1) is 7.34. The van der Waals surface area contributed by atoms with Crippen molar-refractivity contribution in [1.29, 1.82) is 0 Å². The van der Waals surface area contributed by atoms with Crippen molar-refractivity contribution >= 4 is 5.82 Å². The molecule has 4 heteroatoms. The second-order valence-corrected chi connectivity index (χ2v) is 3.27. The van der Waals surface area contributed by atoms with Crippen LogP contribution >= 0.6 is 0 Å². The average molecular weight is 200 g/mol. The van der Waals surface area contributed by atoms with Crippen LogP contribution in [0.2, 0.25) is 0 Å². The fourth-order valence-corrected chi connectivity index (χ4v) is 1.19. The van der Waals surface area contributed by atoms with Crippen molar-refractivity contribution in [3.63, 3.8) is 0 Å². The molecule has 0 amide bonds. The summed E-state index contributed by atoms with van der Waals surface area (Å²) < 4.78 is 0. The van der Waals surface area contributed by atoms with Crippen LogP contribution in [0.15, 0.2) is 36.7 Å². The summed E-state index contributed by atoms with van der Waals surface area (Å²) in [4.78, 5) is 4.22. The first kappa shape index (κ1) is 9.58. The van der Waals surface area contributed by atoms with Gasteiger partial charge in [0, 0.05) is 24.6 Å². The molecule has 4 nitrogen and oxygen atoms in total. The van der Waals surface area contributed by atoms with Crippen molar-refractivity contribution in [1.82, 2.24) is 15.2 Å². The smallest absolute Gasteiger partial charge is 0.148 e. The zero-order valence-corrected chi connectivity index (χ0v) is 8.51. The highest BCUT2D eigenvalue weighted by Crippen LogP contribution is 2.03. The first-order valence-electron chi connectivity index (χ1n) is 4.78. The van der Waals surface area contributed by atoms with Crippen molar-refractivity contribution in [2.24, 2.45) is 0 Å². The number of rotatable bonds is 3. The Morgan fingerprint density at radius 2 is 2.20 bits per heavy atom. The minimum absolute atomic E-state index is 0.714. The van der Waals surface area contributed by atoms with Crippen molar-refractivity contribution in [3.8, 4) is 0 Å². The number of hydrogen-bond acceptors (Lipinski definition) is 4. The van der Waals surface area contributed by atoms with Crippen LogP contribution in [0.3, 0.4) is 0 Å². The van der Waals surface area contributed by atoms with E-state index < -0.39 is 0 Å². The van der Waals surface area contributed by atoms with Gasteiger partial charge in [-0.2, -0.15) is 5.10 Å². The summed E-state index contributed by atoms with van der Waals surface area (Å²) >= 11 is 0. The maximum absolute atomic E-state index is 4.22.